The number of benzene rings is 2. The normalized spacial score (nSPS) is 17.3. The van der Waals surface area contributed by atoms with Gasteiger partial charge in [0.1, 0.15) is 11.4 Å². The summed E-state index contributed by atoms with van der Waals surface area (Å²) in [6, 6.07) is 14.0. The molecule has 2 aromatic carbocycles. The number of fused-ring (bicyclic) bond motifs is 1. The number of nitrogens with zero attached hydrogens (tertiary/aromatic N) is 2. The molecule has 0 amide bonds. The highest BCUT2D eigenvalue weighted by atomic mass is 19.1. The van der Waals surface area contributed by atoms with E-state index in [9.17, 15) is 4.39 Å². The van der Waals surface area contributed by atoms with E-state index in [2.05, 4.69) is 32.0 Å². The second-order valence-electron chi connectivity index (χ2n) is 6.21. The second kappa shape index (κ2) is 10.1. The molecule has 0 saturated carbocycles. The standard InChI is InChI=1S/C16H12FNO.C4H11N.C2H6/c1-16(13-3-5-14(17)6-4-13)15-7-2-11(9-18)8-12(15)10-19-16;1-4-5(2)3;1-2/h2-8H,10H2,1H3;4H2,1-3H3;1-2H3. The number of hydrogen-bond acceptors (Lipinski definition) is 3. The average molecular weight is 356 g/mol. The van der Waals surface area contributed by atoms with E-state index < -0.39 is 5.60 Å². The number of halogens is 1. The maximum absolute atomic E-state index is 13.0. The van der Waals surface area contributed by atoms with Gasteiger partial charge in [0.25, 0.3) is 0 Å². The molecule has 1 aliphatic heterocycles. The lowest BCUT2D eigenvalue weighted by Gasteiger charge is -2.25. The van der Waals surface area contributed by atoms with E-state index in [-0.39, 0.29) is 5.82 Å². The monoisotopic (exact) mass is 356 g/mol. The highest BCUT2D eigenvalue weighted by Gasteiger charge is 2.37. The lowest BCUT2D eigenvalue weighted by Crippen LogP contribution is -2.22. The third-order valence-electron chi connectivity index (χ3n) is 4.29. The number of hydrogen-bond donors (Lipinski definition) is 0. The second-order valence-corrected chi connectivity index (χ2v) is 6.21. The van der Waals surface area contributed by atoms with Crippen LogP contribution in [0.5, 0.6) is 0 Å². The zero-order chi connectivity index (χ0) is 19.7. The Kier molecular flexibility index (Phi) is 8.44. The summed E-state index contributed by atoms with van der Waals surface area (Å²) in [5.41, 5.74) is 3.03. The minimum Gasteiger partial charge on any atom is -0.361 e. The van der Waals surface area contributed by atoms with Gasteiger partial charge in [0.15, 0.2) is 0 Å². The zero-order valence-electron chi connectivity index (χ0n) is 16.6. The van der Waals surface area contributed by atoms with Crippen LogP contribution >= 0.6 is 0 Å². The van der Waals surface area contributed by atoms with Gasteiger partial charge in [-0.1, -0.05) is 39.0 Å². The van der Waals surface area contributed by atoms with Crippen molar-refractivity contribution in [3.05, 3.63) is 70.5 Å². The fourth-order valence-electron chi connectivity index (χ4n) is 2.55. The van der Waals surface area contributed by atoms with Gasteiger partial charge in [0, 0.05) is 0 Å². The third-order valence-corrected chi connectivity index (χ3v) is 4.29. The van der Waals surface area contributed by atoms with Gasteiger partial charge < -0.3 is 9.64 Å². The molecular weight excluding hydrogens is 327 g/mol. The average Bonchev–Trinajstić information content (AvgIpc) is 3.01. The largest absolute Gasteiger partial charge is 0.361 e. The van der Waals surface area contributed by atoms with Gasteiger partial charge in [-0.25, -0.2) is 4.39 Å². The first kappa shape index (κ1) is 21.8. The van der Waals surface area contributed by atoms with Gasteiger partial charge in [-0.2, -0.15) is 5.26 Å². The van der Waals surface area contributed by atoms with Gasteiger partial charge in [0.2, 0.25) is 0 Å². The maximum Gasteiger partial charge on any atom is 0.123 e. The Morgan fingerprint density at radius 3 is 2.23 bits per heavy atom. The fourth-order valence-corrected chi connectivity index (χ4v) is 2.55. The van der Waals surface area contributed by atoms with Crippen molar-refractivity contribution in [2.75, 3.05) is 20.6 Å². The van der Waals surface area contributed by atoms with Crippen molar-refractivity contribution in [1.82, 2.24) is 4.90 Å². The van der Waals surface area contributed by atoms with Crippen LogP contribution in [0.4, 0.5) is 4.39 Å². The van der Waals surface area contributed by atoms with E-state index in [1.807, 2.05) is 32.9 Å². The van der Waals surface area contributed by atoms with Crippen molar-refractivity contribution in [3.63, 3.8) is 0 Å². The fraction of sp³-hybridized carbons (Fsp3) is 0.409. The summed E-state index contributed by atoms with van der Waals surface area (Å²) < 4.78 is 18.9. The van der Waals surface area contributed by atoms with Crippen LogP contribution < -0.4 is 0 Å². The minimum absolute atomic E-state index is 0.259. The van der Waals surface area contributed by atoms with Crippen molar-refractivity contribution >= 4 is 0 Å². The van der Waals surface area contributed by atoms with Gasteiger partial charge in [-0.15, -0.1) is 0 Å². The van der Waals surface area contributed by atoms with E-state index in [1.54, 1.807) is 18.2 Å². The van der Waals surface area contributed by atoms with Crippen LogP contribution in [0.2, 0.25) is 0 Å². The summed E-state index contributed by atoms with van der Waals surface area (Å²) in [6.45, 7) is 9.71. The van der Waals surface area contributed by atoms with E-state index in [0.29, 0.717) is 12.2 Å². The Labute approximate surface area is 157 Å². The lowest BCUT2D eigenvalue weighted by molar-refractivity contribution is 0.00967. The van der Waals surface area contributed by atoms with Crippen LogP contribution in [0.1, 0.15) is 49.9 Å². The molecule has 140 valence electrons. The summed E-state index contributed by atoms with van der Waals surface area (Å²) in [6.07, 6.45) is 0. The predicted octanol–water partition coefficient (Wildman–Crippen LogP) is 5.09. The van der Waals surface area contributed by atoms with Crippen LogP contribution in [0, 0.1) is 17.1 Å². The first-order valence-electron chi connectivity index (χ1n) is 8.99. The quantitative estimate of drug-likeness (QED) is 0.752. The molecule has 4 heteroatoms. The van der Waals surface area contributed by atoms with E-state index in [4.69, 9.17) is 10.00 Å². The number of nitriles is 1. The zero-order valence-corrected chi connectivity index (χ0v) is 16.6. The van der Waals surface area contributed by atoms with E-state index in [0.717, 1.165) is 23.2 Å². The number of rotatable bonds is 2. The van der Waals surface area contributed by atoms with Gasteiger partial charge in [-0.3, -0.25) is 0 Å². The summed E-state index contributed by atoms with van der Waals surface area (Å²) in [5, 5.41) is 8.91. The molecule has 0 bridgehead atoms. The Hall–Kier alpha value is -2.22. The highest BCUT2D eigenvalue weighted by Crippen LogP contribution is 2.41. The van der Waals surface area contributed by atoms with Crippen LogP contribution in [-0.4, -0.2) is 25.5 Å². The summed E-state index contributed by atoms with van der Waals surface area (Å²) in [7, 11) is 4.11. The van der Waals surface area contributed by atoms with Crippen molar-refractivity contribution in [2.45, 2.75) is 39.9 Å². The van der Waals surface area contributed by atoms with Crippen LogP contribution in [-0.2, 0) is 16.9 Å². The molecule has 1 heterocycles. The SMILES string of the molecule is CC.CC1(c2ccc(F)cc2)OCc2cc(C#N)ccc21.CCN(C)C. The number of ether oxygens (including phenoxy) is 1. The molecule has 1 unspecified atom stereocenters. The van der Waals surface area contributed by atoms with Crippen LogP contribution in [0.3, 0.4) is 0 Å². The Balaban J connectivity index is 0.000000420. The first-order chi connectivity index (χ1) is 12.4. The van der Waals surface area contributed by atoms with Crippen molar-refractivity contribution < 1.29 is 9.13 Å². The molecule has 26 heavy (non-hydrogen) atoms. The maximum atomic E-state index is 13.0. The Morgan fingerprint density at radius 1 is 1.15 bits per heavy atom. The van der Waals surface area contributed by atoms with Gasteiger partial charge in [0.05, 0.1) is 18.2 Å². The van der Waals surface area contributed by atoms with Gasteiger partial charge >= 0.3 is 0 Å². The van der Waals surface area contributed by atoms with E-state index in [1.165, 1.54) is 12.1 Å². The molecule has 0 saturated heterocycles. The Morgan fingerprint density at radius 2 is 1.73 bits per heavy atom. The third kappa shape index (κ3) is 5.14. The summed E-state index contributed by atoms with van der Waals surface area (Å²) in [5.74, 6) is -0.259. The molecule has 0 spiro atoms. The molecule has 1 aliphatic rings. The molecule has 0 N–H and O–H groups in total. The topological polar surface area (TPSA) is 36.3 Å². The first-order valence-corrected chi connectivity index (χ1v) is 8.99. The summed E-state index contributed by atoms with van der Waals surface area (Å²) in [4.78, 5) is 2.12. The lowest BCUT2D eigenvalue weighted by atomic mass is 9.87. The molecule has 0 aliphatic carbocycles. The smallest absolute Gasteiger partial charge is 0.123 e. The molecule has 0 radical (unpaired) electrons. The molecule has 3 nitrogen and oxygen atoms in total. The van der Waals surface area contributed by atoms with E-state index >= 15 is 0 Å². The molecule has 3 rings (SSSR count). The molecule has 0 fully saturated rings. The minimum atomic E-state index is -0.572. The van der Waals surface area contributed by atoms with Crippen LogP contribution in [0.15, 0.2) is 42.5 Å². The van der Waals surface area contributed by atoms with Crippen LogP contribution in [0.25, 0.3) is 0 Å². The van der Waals surface area contributed by atoms with Crippen molar-refractivity contribution in [3.8, 4) is 6.07 Å². The van der Waals surface area contributed by atoms with Gasteiger partial charge in [-0.05, 0) is 68.5 Å². The molecular formula is C22H29FN2O. The Bertz CT molecular complexity index is 735. The summed E-state index contributed by atoms with van der Waals surface area (Å²) >= 11 is 0. The molecule has 0 aromatic heterocycles. The molecule has 1 atom stereocenters. The predicted molar refractivity (Wildman–Crippen MR) is 104 cm³/mol. The van der Waals surface area contributed by atoms with Crippen molar-refractivity contribution in [1.29, 1.82) is 5.26 Å². The molecule has 2 aromatic rings. The highest BCUT2D eigenvalue weighted by molar-refractivity contribution is 5.47. The van der Waals surface area contributed by atoms with Crippen molar-refractivity contribution in [2.24, 2.45) is 0 Å².